The third-order valence-corrected chi connectivity index (χ3v) is 5.35. The Morgan fingerprint density at radius 3 is 2.70 bits per heavy atom. The molecule has 2 fully saturated rings. The van der Waals surface area contributed by atoms with Gasteiger partial charge < -0.3 is 9.80 Å². The van der Waals surface area contributed by atoms with Crippen LogP contribution < -0.4 is 0 Å². The Balaban J connectivity index is 1.83. The van der Waals surface area contributed by atoms with Crippen LogP contribution in [-0.2, 0) is 9.59 Å². The fraction of sp³-hybridized carbons (Fsp3) is 0.600. The number of carbonyl (C=O) groups is 2. The van der Waals surface area contributed by atoms with Gasteiger partial charge in [-0.2, -0.15) is 0 Å². The number of hydrogen-bond donors (Lipinski definition) is 0. The lowest BCUT2D eigenvalue weighted by Crippen LogP contribution is -2.41. The first kappa shape index (κ1) is 13.6. The fourth-order valence-corrected chi connectivity index (χ4v) is 4.22. The number of piperidine rings is 1. The van der Waals surface area contributed by atoms with E-state index in [1.54, 1.807) is 16.2 Å². The van der Waals surface area contributed by atoms with E-state index in [0.29, 0.717) is 6.42 Å². The summed E-state index contributed by atoms with van der Waals surface area (Å²) in [7, 11) is 1.82. The van der Waals surface area contributed by atoms with Gasteiger partial charge in [-0.25, -0.2) is 0 Å². The molecule has 2 saturated heterocycles. The van der Waals surface area contributed by atoms with Crippen LogP contribution in [0.25, 0.3) is 0 Å². The first-order valence-electron chi connectivity index (χ1n) is 7.26. The minimum atomic E-state index is -0.204. The number of nitrogens with zero attached hydrogens (tertiary/aromatic N) is 2. The summed E-state index contributed by atoms with van der Waals surface area (Å²) in [5.74, 6) is 0.0452. The van der Waals surface area contributed by atoms with Gasteiger partial charge in [0.15, 0.2) is 0 Å². The zero-order valence-corrected chi connectivity index (χ0v) is 12.6. The zero-order chi connectivity index (χ0) is 14.1. The van der Waals surface area contributed by atoms with Crippen LogP contribution in [0.4, 0.5) is 0 Å². The third kappa shape index (κ3) is 2.35. The van der Waals surface area contributed by atoms with Crippen molar-refractivity contribution >= 4 is 23.2 Å². The summed E-state index contributed by atoms with van der Waals surface area (Å²) in [6, 6.07) is 3.94. The molecule has 0 unspecified atom stereocenters. The van der Waals surface area contributed by atoms with Gasteiger partial charge in [0, 0.05) is 31.4 Å². The Bertz CT molecular complexity index is 494. The van der Waals surface area contributed by atoms with Gasteiger partial charge in [-0.05, 0) is 30.7 Å². The maximum Gasteiger partial charge on any atom is 0.228 e. The molecular weight excluding hydrogens is 272 g/mol. The minimum absolute atomic E-state index is 0.0723. The quantitative estimate of drug-likeness (QED) is 0.839. The molecule has 0 aromatic carbocycles. The molecule has 2 aliphatic rings. The van der Waals surface area contributed by atoms with Crippen molar-refractivity contribution in [2.24, 2.45) is 5.92 Å². The highest BCUT2D eigenvalue weighted by Gasteiger charge is 2.44. The Labute approximate surface area is 123 Å². The molecule has 5 heteroatoms. The van der Waals surface area contributed by atoms with Crippen molar-refractivity contribution in [1.82, 2.24) is 9.80 Å². The van der Waals surface area contributed by atoms with Crippen LogP contribution in [0.15, 0.2) is 17.5 Å². The predicted octanol–water partition coefficient (Wildman–Crippen LogP) is 2.28. The highest BCUT2D eigenvalue weighted by Crippen LogP contribution is 2.40. The summed E-state index contributed by atoms with van der Waals surface area (Å²) in [5.41, 5.74) is 0. The smallest absolute Gasteiger partial charge is 0.228 e. The monoisotopic (exact) mass is 292 g/mol. The molecular formula is C15H20N2O2S. The molecule has 1 aromatic rings. The molecule has 20 heavy (non-hydrogen) atoms. The lowest BCUT2D eigenvalue weighted by molar-refractivity contribution is -0.137. The van der Waals surface area contributed by atoms with E-state index in [-0.39, 0.29) is 23.8 Å². The lowest BCUT2D eigenvalue weighted by atomic mass is 9.96. The largest absolute Gasteiger partial charge is 0.342 e. The van der Waals surface area contributed by atoms with E-state index < -0.39 is 0 Å². The molecule has 2 aliphatic heterocycles. The minimum Gasteiger partial charge on any atom is -0.342 e. The highest BCUT2D eigenvalue weighted by molar-refractivity contribution is 7.10. The van der Waals surface area contributed by atoms with E-state index in [0.717, 1.165) is 30.8 Å². The standard InChI is InChI=1S/C15H20N2O2S/c1-16-13(18)10-11(14(16)12-6-5-9-20-12)15(19)17-7-3-2-4-8-17/h5-6,9,11,14H,2-4,7-8,10H2,1H3/t11-,14+/m1/s1. The molecule has 3 heterocycles. The number of likely N-dealkylation sites (tertiary alicyclic amines) is 2. The SMILES string of the molecule is CN1C(=O)C[C@@H](C(=O)N2CCCCC2)[C@H]1c1cccs1. The zero-order valence-electron chi connectivity index (χ0n) is 11.7. The number of hydrogen-bond acceptors (Lipinski definition) is 3. The van der Waals surface area contributed by atoms with E-state index in [1.807, 2.05) is 29.5 Å². The predicted molar refractivity (Wildman–Crippen MR) is 78.4 cm³/mol. The summed E-state index contributed by atoms with van der Waals surface area (Å²) in [6.45, 7) is 1.70. The van der Waals surface area contributed by atoms with Crippen LogP contribution in [0.3, 0.4) is 0 Å². The van der Waals surface area contributed by atoms with E-state index in [2.05, 4.69) is 0 Å². The summed E-state index contributed by atoms with van der Waals surface area (Å²) in [4.78, 5) is 29.6. The van der Waals surface area contributed by atoms with E-state index in [9.17, 15) is 9.59 Å². The normalized spacial score (nSPS) is 27.1. The average Bonchev–Trinajstić information content (AvgIpc) is 3.08. The van der Waals surface area contributed by atoms with Gasteiger partial charge in [0.2, 0.25) is 11.8 Å². The number of rotatable bonds is 2. The van der Waals surface area contributed by atoms with Gasteiger partial charge in [0.25, 0.3) is 0 Å². The van der Waals surface area contributed by atoms with Crippen molar-refractivity contribution in [2.75, 3.05) is 20.1 Å². The fourth-order valence-electron chi connectivity index (χ4n) is 3.29. The van der Waals surface area contributed by atoms with Crippen LogP contribution >= 0.6 is 11.3 Å². The molecule has 3 rings (SSSR count). The van der Waals surface area contributed by atoms with Gasteiger partial charge in [0.1, 0.15) is 0 Å². The molecule has 0 aliphatic carbocycles. The topological polar surface area (TPSA) is 40.6 Å². The van der Waals surface area contributed by atoms with Crippen molar-refractivity contribution in [3.8, 4) is 0 Å². The molecule has 0 saturated carbocycles. The Kier molecular flexibility index (Phi) is 3.78. The summed E-state index contributed by atoms with van der Waals surface area (Å²) in [5, 5.41) is 2.01. The lowest BCUT2D eigenvalue weighted by Gasteiger charge is -2.31. The Morgan fingerprint density at radius 1 is 1.30 bits per heavy atom. The number of amides is 2. The molecule has 0 bridgehead atoms. The maximum atomic E-state index is 12.7. The van der Waals surface area contributed by atoms with E-state index >= 15 is 0 Å². The molecule has 0 spiro atoms. The Hall–Kier alpha value is -1.36. The second kappa shape index (κ2) is 5.56. The highest BCUT2D eigenvalue weighted by atomic mass is 32.1. The van der Waals surface area contributed by atoms with Gasteiger partial charge in [-0.3, -0.25) is 9.59 Å². The second-order valence-electron chi connectivity index (χ2n) is 5.66. The van der Waals surface area contributed by atoms with Gasteiger partial charge in [0.05, 0.1) is 12.0 Å². The van der Waals surface area contributed by atoms with Crippen molar-refractivity contribution in [3.05, 3.63) is 22.4 Å². The van der Waals surface area contributed by atoms with Crippen molar-refractivity contribution in [2.45, 2.75) is 31.7 Å². The summed E-state index contributed by atoms with van der Waals surface area (Å²) in [6.07, 6.45) is 3.74. The summed E-state index contributed by atoms with van der Waals surface area (Å²) < 4.78 is 0. The molecule has 0 radical (unpaired) electrons. The first-order chi connectivity index (χ1) is 9.68. The molecule has 0 N–H and O–H groups in total. The molecule has 1 aromatic heterocycles. The maximum absolute atomic E-state index is 12.7. The van der Waals surface area contributed by atoms with Crippen LogP contribution in [0.5, 0.6) is 0 Å². The van der Waals surface area contributed by atoms with Crippen molar-refractivity contribution in [1.29, 1.82) is 0 Å². The van der Waals surface area contributed by atoms with Crippen LogP contribution in [0, 0.1) is 5.92 Å². The Morgan fingerprint density at radius 2 is 2.05 bits per heavy atom. The van der Waals surface area contributed by atoms with Crippen molar-refractivity contribution in [3.63, 3.8) is 0 Å². The second-order valence-corrected chi connectivity index (χ2v) is 6.64. The number of carbonyl (C=O) groups excluding carboxylic acids is 2. The van der Waals surface area contributed by atoms with Gasteiger partial charge >= 0.3 is 0 Å². The number of thiophene rings is 1. The molecule has 108 valence electrons. The van der Waals surface area contributed by atoms with Crippen molar-refractivity contribution < 1.29 is 9.59 Å². The first-order valence-corrected chi connectivity index (χ1v) is 8.14. The van der Waals surface area contributed by atoms with E-state index in [1.165, 1.54) is 6.42 Å². The van der Waals surface area contributed by atoms with Gasteiger partial charge in [-0.1, -0.05) is 6.07 Å². The third-order valence-electron chi connectivity index (χ3n) is 4.41. The molecule has 4 nitrogen and oxygen atoms in total. The molecule has 2 atom stereocenters. The van der Waals surface area contributed by atoms with Crippen LogP contribution in [-0.4, -0.2) is 41.8 Å². The van der Waals surface area contributed by atoms with Crippen LogP contribution in [0.1, 0.15) is 36.6 Å². The molecule has 2 amide bonds. The average molecular weight is 292 g/mol. The van der Waals surface area contributed by atoms with Gasteiger partial charge in [-0.15, -0.1) is 11.3 Å². The van der Waals surface area contributed by atoms with Crippen LogP contribution in [0.2, 0.25) is 0 Å². The summed E-state index contributed by atoms with van der Waals surface area (Å²) >= 11 is 1.63. The van der Waals surface area contributed by atoms with E-state index in [4.69, 9.17) is 0 Å².